The first-order valence-corrected chi connectivity index (χ1v) is 8.28. The van der Waals surface area contributed by atoms with Crippen LogP contribution in [0.25, 0.3) is 0 Å². The van der Waals surface area contributed by atoms with Gasteiger partial charge in [0.2, 0.25) is 10.0 Å². The summed E-state index contributed by atoms with van der Waals surface area (Å²) < 4.78 is 32.5. The maximum Gasteiger partial charge on any atom is 0.209 e. The van der Waals surface area contributed by atoms with Gasteiger partial charge in [-0.05, 0) is 30.9 Å². The average molecular weight is 312 g/mol. The molecule has 0 fully saturated rings. The third kappa shape index (κ3) is 6.47. The Labute approximate surface area is 125 Å². The predicted octanol–water partition coefficient (Wildman–Crippen LogP) is 1.65. The molecule has 0 aliphatic heterocycles. The van der Waals surface area contributed by atoms with Gasteiger partial charge in [0.1, 0.15) is 0 Å². The minimum absolute atomic E-state index is 0.0195. The summed E-state index contributed by atoms with van der Waals surface area (Å²) in [5.74, 6) is 1.24. The first-order chi connectivity index (χ1) is 9.85. The molecule has 7 heteroatoms. The molecule has 1 aromatic carbocycles. The number of hydrogen-bond acceptors (Lipinski definition) is 5. The van der Waals surface area contributed by atoms with E-state index in [2.05, 4.69) is 0 Å². The molecule has 0 aromatic heterocycles. The standard InChI is InChI=1S/C14H20N2O4S/c1-11(6-8-21(16,17)18)5-7-20-13-4-3-12(10-15)9-14(13)19-2/h3-4,9,11H,5-8H2,1-2H3,(H2,16,17,18). The highest BCUT2D eigenvalue weighted by atomic mass is 32.2. The van der Waals surface area contributed by atoms with Gasteiger partial charge < -0.3 is 9.47 Å². The van der Waals surface area contributed by atoms with Gasteiger partial charge >= 0.3 is 0 Å². The van der Waals surface area contributed by atoms with E-state index in [1.807, 2.05) is 13.0 Å². The van der Waals surface area contributed by atoms with Crippen molar-refractivity contribution in [1.29, 1.82) is 5.26 Å². The zero-order valence-corrected chi connectivity index (χ0v) is 13.0. The third-order valence-corrected chi connectivity index (χ3v) is 3.86. The van der Waals surface area contributed by atoms with E-state index in [-0.39, 0.29) is 11.7 Å². The van der Waals surface area contributed by atoms with Gasteiger partial charge in [-0.15, -0.1) is 0 Å². The monoisotopic (exact) mass is 312 g/mol. The van der Waals surface area contributed by atoms with Gasteiger partial charge in [-0.25, -0.2) is 13.6 Å². The molecule has 21 heavy (non-hydrogen) atoms. The molecule has 0 aliphatic carbocycles. The Bertz CT molecular complexity index is 608. The molecule has 0 saturated carbocycles. The fourth-order valence-corrected chi connectivity index (χ4v) is 2.47. The second-order valence-corrected chi connectivity index (χ2v) is 6.61. The van der Waals surface area contributed by atoms with Crippen LogP contribution in [0.4, 0.5) is 0 Å². The molecule has 1 atom stereocenters. The highest BCUT2D eigenvalue weighted by Crippen LogP contribution is 2.28. The zero-order valence-electron chi connectivity index (χ0n) is 12.2. The largest absolute Gasteiger partial charge is 0.493 e. The van der Waals surface area contributed by atoms with Gasteiger partial charge in [0, 0.05) is 6.07 Å². The van der Waals surface area contributed by atoms with Gasteiger partial charge in [-0.3, -0.25) is 0 Å². The summed E-state index contributed by atoms with van der Waals surface area (Å²) in [6.45, 7) is 2.39. The van der Waals surface area contributed by atoms with E-state index < -0.39 is 10.0 Å². The Hall–Kier alpha value is -1.78. The number of nitriles is 1. The molecule has 116 valence electrons. The van der Waals surface area contributed by atoms with Crippen molar-refractivity contribution < 1.29 is 17.9 Å². The minimum Gasteiger partial charge on any atom is -0.493 e. The molecular weight excluding hydrogens is 292 g/mol. The molecule has 2 N–H and O–H groups in total. The Morgan fingerprint density at radius 2 is 2.05 bits per heavy atom. The highest BCUT2D eigenvalue weighted by Gasteiger charge is 2.10. The summed E-state index contributed by atoms with van der Waals surface area (Å²) >= 11 is 0. The number of primary sulfonamides is 1. The van der Waals surface area contributed by atoms with Crippen LogP contribution >= 0.6 is 0 Å². The topological polar surface area (TPSA) is 102 Å². The van der Waals surface area contributed by atoms with Gasteiger partial charge in [-0.2, -0.15) is 5.26 Å². The third-order valence-electron chi connectivity index (χ3n) is 3.06. The first-order valence-electron chi connectivity index (χ1n) is 6.57. The van der Waals surface area contributed by atoms with E-state index in [1.54, 1.807) is 18.2 Å². The fourth-order valence-electron chi connectivity index (χ4n) is 1.74. The summed E-state index contributed by atoms with van der Waals surface area (Å²) in [7, 11) is -1.89. The van der Waals surface area contributed by atoms with Gasteiger partial charge in [-0.1, -0.05) is 6.92 Å². The summed E-state index contributed by atoms with van der Waals surface area (Å²) in [6.07, 6.45) is 1.21. The molecule has 0 bridgehead atoms. The van der Waals surface area contributed by atoms with Crippen molar-refractivity contribution in [3.05, 3.63) is 23.8 Å². The number of benzene rings is 1. The molecule has 1 rings (SSSR count). The molecule has 0 heterocycles. The Morgan fingerprint density at radius 3 is 2.62 bits per heavy atom. The predicted molar refractivity (Wildman–Crippen MR) is 79.6 cm³/mol. The van der Waals surface area contributed by atoms with Gasteiger partial charge in [0.05, 0.1) is 31.1 Å². The van der Waals surface area contributed by atoms with Crippen molar-refractivity contribution in [2.45, 2.75) is 19.8 Å². The maximum atomic E-state index is 10.9. The number of methoxy groups -OCH3 is 1. The lowest BCUT2D eigenvalue weighted by atomic mass is 10.1. The molecule has 0 amide bonds. The Morgan fingerprint density at radius 1 is 1.33 bits per heavy atom. The number of ether oxygens (including phenoxy) is 2. The molecular formula is C14H20N2O4S. The SMILES string of the molecule is COc1cc(C#N)ccc1OCCC(C)CCS(N)(=O)=O. The van der Waals surface area contributed by atoms with Crippen LogP contribution in [0.5, 0.6) is 11.5 Å². The van der Waals surface area contributed by atoms with Crippen LogP contribution in [-0.4, -0.2) is 27.9 Å². The van der Waals surface area contributed by atoms with Crippen molar-refractivity contribution in [2.24, 2.45) is 11.1 Å². The normalized spacial score (nSPS) is 12.5. The molecule has 0 saturated heterocycles. The molecule has 6 nitrogen and oxygen atoms in total. The smallest absolute Gasteiger partial charge is 0.209 e. The maximum absolute atomic E-state index is 10.9. The van der Waals surface area contributed by atoms with Gasteiger partial charge in [0.15, 0.2) is 11.5 Å². The number of nitrogens with two attached hydrogens (primary N) is 1. The van der Waals surface area contributed by atoms with Crippen LogP contribution in [-0.2, 0) is 10.0 Å². The lowest BCUT2D eigenvalue weighted by Gasteiger charge is -2.13. The molecule has 0 aliphatic rings. The van der Waals surface area contributed by atoms with E-state index in [0.29, 0.717) is 36.5 Å². The summed E-state index contributed by atoms with van der Waals surface area (Å²) in [6, 6.07) is 6.98. The summed E-state index contributed by atoms with van der Waals surface area (Å²) in [4.78, 5) is 0. The van der Waals surface area contributed by atoms with Crippen molar-refractivity contribution in [3.63, 3.8) is 0 Å². The van der Waals surface area contributed by atoms with Crippen molar-refractivity contribution in [2.75, 3.05) is 19.5 Å². The first kappa shape index (κ1) is 17.3. The zero-order chi connectivity index (χ0) is 15.9. The van der Waals surface area contributed by atoms with Crippen LogP contribution in [0.2, 0.25) is 0 Å². The number of hydrogen-bond donors (Lipinski definition) is 1. The van der Waals surface area contributed by atoms with Crippen molar-refractivity contribution in [3.8, 4) is 17.6 Å². The van der Waals surface area contributed by atoms with Crippen molar-refractivity contribution in [1.82, 2.24) is 0 Å². The lowest BCUT2D eigenvalue weighted by Crippen LogP contribution is -2.18. The highest BCUT2D eigenvalue weighted by molar-refractivity contribution is 7.89. The average Bonchev–Trinajstić information content (AvgIpc) is 2.44. The fraction of sp³-hybridized carbons (Fsp3) is 0.500. The van der Waals surface area contributed by atoms with E-state index >= 15 is 0 Å². The molecule has 1 unspecified atom stereocenters. The molecule has 1 aromatic rings. The summed E-state index contributed by atoms with van der Waals surface area (Å²) in [5, 5.41) is 13.8. The number of nitrogens with zero attached hydrogens (tertiary/aromatic N) is 1. The molecule has 0 radical (unpaired) electrons. The van der Waals surface area contributed by atoms with E-state index in [0.717, 1.165) is 0 Å². The van der Waals surface area contributed by atoms with Crippen LogP contribution in [0.1, 0.15) is 25.3 Å². The number of rotatable bonds is 8. The van der Waals surface area contributed by atoms with E-state index in [4.69, 9.17) is 19.9 Å². The minimum atomic E-state index is -3.41. The van der Waals surface area contributed by atoms with Crippen LogP contribution in [0.3, 0.4) is 0 Å². The Kier molecular flexibility index (Phi) is 6.46. The Balaban J connectivity index is 2.47. The van der Waals surface area contributed by atoms with E-state index in [9.17, 15) is 8.42 Å². The second-order valence-electron chi connectivity index (χ2n) is 4.88. The quantitative estimate of drug-likeness (QED) is 0.786. The lowest BCUT2D eigenvalue weighted by molar-refractivity contribution is 0.267. The molecule has 0 spiro atoms. The van der Waals surface area contributed by atoms with Crippen LogP contribution in [0.15, 0.2) is 18.2 Å². The second kappa shape index (κ2) is 7.86. The van der Waals surface area contributed by atoms with Crippen molar-refractivity contribution >= 4 is 10.0 Å². The van der Waals surface area contributed by atoms with Gasteiger partial charge in [0.25, 0.3) is 0 Å². The summed E-state index contributed by atoms with van der Waals surface area (Å²) in [5.41, 5.74) is 0.501. The van der Waals surface area contributed by atoms with E-state index in [1.165, 1.54) is 7.11 Å². The van der Waals surface area contributed by atoms with Crippen LogP contribution in [0, 0.1) is 17.2 Å². The number of sulfonamides is 1. The van der Waals surface area contributed by atoms with Crippen LogP contribution < -0.4 is 14.6 Å².